The summed E-state index contributed by atoms with van der Waals surface area (Å²) < 4.78 is 1.62. The minimum absolute atomic E-state index is 0.329. The first-order chi connectivity index (χ1) is 6.02. The van der Waals surface area contributed by atoms with Gasteiger partial charge >= 0.3 is 0 Å². The lowest BCUT2D eigenvalue weighted by Gasteiger charge is -2.15. The molecule has 72 valence electrons. The number of hydrogen-bond acceptors (Lipinski definition) is 3. The maximum Gasteiger partial charge on any atom is 0.112 e. The van der Waals surface area contributed by atoms with Crippen LogP contribution in [-0.2, 0) is 0 Å². The maximum atomic E-state index is 9.64. The molecule has 0 spiro atoms. The van der Waals surface area contributed by atoms with Crippen LogP contribution in [0.3, 0.4) is 0 Å². The molecule has 0 aliphatic carbocycles. The highest BCUT2D eigenvalue weighted by atomic mass is 79.9. The molecule has 1 aromatic rings. The van der Waals surface area contributed by atoms with Crippen molar-refractivity contribution in [2.45, 2.75) is 19.1 Å². The zero-order valence-corrected chi connectivity index (χ0v) is 10.2. The van der Waals surface area contributed by atoms with Gasteiger partial charge in [-0.05, 0) is 44.8 Å². The van der Waals surface area contributed by atoms with Crippen LogP contribution in [0.5, 0.6) is 0 Å². The molecule has 0 fully saturated rings. The molecule has 3 N–H and O–H groups in total. The van der Waals surface area contributed by atoms with Gasteiger partial charge in [-0.2, -0.15) is 0 Å². The third-order valence-corrected chi connectivity index (χ3v) is 2.68. The van der Waals surface area contributed by atoms with Crippen LogP contribution in [0.1, 0.15) is 18.7 Å². The fourth-order valence-corrected chi connectivity index (χ4v) is 2.11. The molecule has 0 saturated heterocycles. The second-order valence-electron chi connectivity index (χ2n) is 2.82. The molecule has 1 aromatic heterocycles. The van der Waals surface area contributed by atoms with Gasteiger partial charge in [-0.25, -0.2) is 0 Å². The van der Waals surface area contributed by atoms with Gasteiger partial charge in [0, 0.05) is 21.2 Å². The number of hydrogen-bond donors (Lipinski definition) is 2. The predicted octanol–water partition coefficient (Wildman–Crippen LogP) is 1.99. The van der Waals surface area contributed by atoms with Crippen LogP contribution in [0.2, 0.25) is 0 Å². The molecule has 1 rings (SSSR count). The second-order valence-corrected chi connectivity index (χ2v) is 4.59. The highest BCUT2D eigenvalue weighted by molar-refractivity contribution is 9.11. The van der Waals surface area contributed by atoms with Gasteiger partial charge < -0.3 is 10.8 Å². The van der Waals surface area contributed by atoms with Gasteiger partial charge in [0.15, 0.2) is 0 Å². The summed E-state index contributed by atoms with van der Waals surface area (Å²) in [6.07, 6.45) is 0.897. The monoisotopic (exact) mass is 308 g/mol. The summed E-state index contributed by atoms with van der Waals surface area (Å²) in [6.45, 7) is 1.74. The van der Waals surface area contributed by atoms with Crippen molar-refractivity contribution in [1.82, 2.24) is 4.98 Å². The van der Waals surface area contributed by atoms with Gasteiger partial charge in [-0.1, -0.05) is 0 Å². The van der Waals surface area contributed by atoms with Crippen molar-refractivity contribution < 1.29 is 5.11 Å². The van der Waals surface area contributed by atoms with E-state index in [0.717, 1.165) is 8.95 Å². The zero-order valence-electron chi connectivity index (χ0n) is 7.04. The molecule has 0 amide bonds. The minimum atomic E-state index is -0.734. The lowest BCUT2D eigenvalue weighted by Crippen LogP contribution is -2.25. The molecule has 2 atom stereocenters. The topological polar surface area (TPSA) is 59.1 Å². The molecule has 0 aliphatic heterocycles. The van der Waals surface area contributed by atoms with Crippen molar-refractivity contribution in [3.8, 4) is 0 Å². The van der Waals surface area contributed by atoms with Crippen LogP contribution in [-0.4, -0.2) is 16.1 Å². The van der Waals surface area contributed by atoms with Crippen molar-refractivity contribution >= 4 is 31.9 Å². The molecular formula is C8H10Br2N2O. The fraction of sp³-hybridized carbons (Fsp3) is 0.375. The van der Waals surface area contributed by atoms with E-state index in [9.17, 15) is 5.11 Å². The van der Waals surface area contributed by atoms with E-state index in [1.807, 2.05) is 6.07 Å². The third kappa shape index (κ3) is 2.74. The van der Waals surface area contributed by atoms with E-state index in [0.29, 0.717) is 5.69 Å². The van der Waals surface area contributed by atoms with Crippen LogP contribution in [0.4, 0.5) is 0 Å². The Kier molecular flexibility index (Phi) is 3.85. The number of halogens is 2. The lowest BCUT2D eigenvalue weighted by molar-refractivity contribution is 0.148. The van der Waals surface area contributed by atoms with E-state index >= 15 is 0 Å². The van der Waals surface area contributed by atoms with Crippen LogP contribution >= 0.6 is 31.9 Å². The Labute approximate surface area is 93.6 Å². The summed E-state index contributed by atoms with van der Waals surface area (Å²) >= 11 is 6.58. The van der Waals surface area contributed by atoms with E-state index in [1.54, 1.807) is 13.1 Å². The number of aromatic nitrogens is 1. The predicted molar refractivity (Wildman–Crippen MR) is 58.2 cm³/mol. The van der Waals surface area contributed by atoms with E-state index < -0.39 is 6.10 Å². The Morgan fingerprint density at radius 3 is 2.62 bits per heavy atom. The Morgan fingerprint density at radius 1 is 1.54 bits per heavy atom. The van der Waals surface area contributed by atoms with Gasteiger partial charge in [0.1, 0.15) is 6.10 Å². The normalized spacial score (nSPS) is 15.5. The number of nitrogens with two attached hydrogens (primary N) is 1. The van der Waals surface area contributed by atoms with Gasteiger partial charge in [0.05, 0.1) is 5.69 Å². The first kappa shape index (κ1) is 11.1. The van der Waals surface area contributed by atoms with Crippen LogP contribution in [0.25, 0.3) is 0 Å². The van der Waals surface area contributed by atoms with E-state index in [-0.39, 0.29) is 6.04 Å². The number of pyridine rings is 1. The summed E-state index contributed by atoms with van der Waals surface area (Å²) in [5, 5.41) is 9.64. The van der Waals surface area contributed by atoms with Crippen molar-refractivity contribution in [3.05, 3.63) is 26.9 Å². The average Bonchev–Trinajstić information content (AvgIpc) is 2.03. The number of nitrogens with zero attached hydrogens (tertiary/aromatic N) is 1. The Morgan fingerprint density at radius 2 is 2.15 bits per heavy atom. The minimum Gasteiger partial charge on any atom is -0.385 e. The summed E-state index contributed by atoms with van der Waals surface area (Å²) in [4.78, 5) is 4.08. The molecule has 0 saturated carbocycles. The Balaban J connectivity index is 3.01. The SMILES string of the molecule is CC(N)C(O)c1ncc(Br)cc1Br. The summed E-state index contributed by atoms with van der Waals surface area (Å²) in [5.41, 5.74) is 6.12. The molecule has 1 heterocycles. The van der Waals surface area contributed by atoms with Gasteiger partial charge in [-0.15, -0.1) is 0 Å². The summed E-state index contributed by atoms with van der Waals surface area (Å²) in [6, 6.07) is 1.50. The van der Waals surface area contributed by atoms with Crippen LogP contribution < -0.4 is 5.73 Å². The average molecular weight is 310 g/mol. The standard InChI is InChI=1S/C8H10Br2N2O/c1-4(11)8(13)7-6(10)2-5(9)3-12-7/h2-4,8,13H,11H2,1H3. The Bertz CT molecular complexity index is 304. The Hall–Kier alpha value is 0.0300. The van der Waals surface area contributed by atoms with Gasteiger partial charge in [0.25, 0.3) is 0 Å². The third-order valence-electron chi connectivity index (χ3n) is 1.61. The quantitative estimate of drug-likeness (QED) is 0.878. The first-order valence-electron chi connectivity index (χ1n) is 3.77. The molecule has 3 nitrogen and oxygen atoms in total. The molecule has 2 unspecified atom stereocenters. The fourth-order valence-electron chi connectivity index (χ4n) is 0.892. The maximum absolute atomic E-state index is 9.64. The number of aliphatic hydroxyl groups excluding tert-OH is 1. The first-order valence-corrected chi connectivity index (χ1v) is 5.35. The second kappa shape index (κ2) is 4.50. The number of aliphatic hydroxyl groups is 1. The van der Waals surface area contributed by atoms with Gasteiger partial charge in [-0.3, -0.25) is 4.98 Å². The molecule has 0 aliphatic rings. The largest absolute Gasteiger partial charge is 0.385 e. The van der Waals surface area contributed by atoms with Crippen LogP contribution in [0.15, 0.2) is 21.2 Å². The van der Waals surface area contributed by atoms with Crippen LogP contribution in [0, 0.1) is 0 Å². The van der Waals surface area contributed by atoms with E-state index in [2.05, 4.69) is 36.8 Å². The molecule has 0 aromatic carbocycles. The molecule has 0 bridgehead atoms. The molecule has 5 heteroatoms. The lowest BCUT2D eigenvalue weighted by atomic mass is 10.1. The number of rotatable bonds is 2. The van der Waals surface area contributed by atoms with E-state index in [1.165, 1.54) is 0 Å². The smallest absolute Gasteiger partial charge is 0.112 e. The zero-order chi connectivity index (χ0) is 10.0. The van der Waals surface area contributed by atoms with E-state index in [4.69, 9.17) is 5.73 Å². The van der Waals surface area contributed by atoms with Crippen molar-refractivity contribution in [2.75, 3.05) is 0 Å². The summed E-state index contributed by atoms with van der Waals surface area (Å²) in [7, 11) is 0. The highest BCUT2D eigenvalue weighted by Gasteiger charge is 2.16. The summed E-state index contributed by atoms with van der Waals surface area (Å²) in [5.74, 6) is 0. The molecular weight excluding hydrogens is 300 g/mol. The van der Waals surface area contributed by atoms with Gasteiger partial charge in [0.2, 0.25) is 0 Å². The van der Waals surface area contributed by atoms with Crippen molar-refractivity contribution in [2.24, 2.45) is 5.73 Å². The molecule has 0 radical (unpaired) electrons. The van der Waals surface area contributed by atoms with Crippen molar-refractivity contribution in [3.63, 3.8) is 0 Å². The molecule has 13 heavy (non-hydrogen) atoms. The highest BCUT2D eigenvalue weighted by Crippen LogP contribution is 2.25. The van der Waals surface area contributed by atoms with Crippen molar-refractivity contribution in [1.29, 1.82) is 0 Å².